The first kappa shape index (κ1) is 10.4. The number of nitrogens with one attached hydrogen (secondary N) is 2. The molecular formula is C8H10N4O4. The van der Waals surface area contributed by atoms with E-state index < -0.39 is 36.0 Å². The van der Waals surface area contributed by atoms with Crippen LogP contribution in [-0.2, 0) is 14.4 Å². The van der Waals surface area contributed by atoms with Crippen LogP contribution in [0.4, 0.5) is 4.79 Å². The highest BCUT2D eigenvalue weighted by Crippen LogP contribution is 2.15. The van der Waals surface area contributed by atoms with Crippen molar-refractivity contribution in [2.75, 3.05) is 14.1 Å². The predicted molar refractivity (Wildman–Crippen MR) is 49.8 cm³/mol. The summed E-state index contributed by atoms with van der Waals surface area (Å²) in [5, 5.41) is 4.57. The molecule has 2 aliphatic rings. The molecule has 8 nitrogen and oxygen atoms in total. The Labute approximate surface area is 90.5 Å². The Balaban J connectivity index is 2.33. The number of piperazine rings is 1. The van der Waals surface area contributed by atoms with E-state index >= 15 is 0 Å². The predicted octanol–water partition coefficient (Wildman–Crippen LogP) is -2.55. The molecule has 2 heterocycles. The van der Waals surface area contributed by atoms with Crippen LogP contribution in [0.1, 0.15) is 0 Å². The molecule has 2 N–H and O–H groups in total. The van der Waals surface area contributed by atoms with Gasteiger partial charge in [-0.1, -0.05) is 0 Å². The summed E-state index contributed by atoms with van der Waals surface area (Å²) in [5.41, 5.74) is 0. The number of carbonyl (C=O) groups excluding carboxylic acids is 4. The third kappa shape index (κ3) is 1.23. The van der Waals surface area contributed by atoms with E-state index in [0.717, 1.165) is 4.90 Å². The number of carbonyl (C=O) groups is 4. The number of urea groups is 1. The minimum absolute atomic E-state index is 0.525. The fourth-order valence-electron chi connectivity index (χ4n) is 1.74. The molecule has 2 atom stereocenters. The topological polar surface area (TPSA) is 98.8 Å². The Morgan fingerprint density at radius 1 is 1.00 bits per heavy atom. The van der Waals surface area contributed by atoms with Crippen LogP contribution in [0.15, 0.2) is 0 Å². The number of amides is 5. The third-order valence-corrected chi connectivity index (χ3v) is 2.69. The van der Waals surface area contributed by atoms with E-state index in [9.17, 15) is 19.2 Å². The maximum Gasteiger partial charge on any atom is 0.327 e. The molecule has 0 saturated carbocycles. The smallest absolute Gasteiger partial charge is 0.327 e. The van der Waals surface area contributed by atoms with Gasteiger partial charge in [0, 0.05) is 14.1 Å². The molecule has 5 amide bonds. The van der Waals surface area contributed by atoms with Crippen LogP contribution >= 0.6 is 0 Å². The minimum atomic E-state index is -0.919. The molecule has 2 unspecified atom stereocenters. The number of nitrogens with zero attached hydrogens (tertiary/aromatic N) is 2. The Morgan fingerprint density at radius 3 is 2.19 bits per heavy atom. The van der Waals surface area contributed by atoms with Crippen molar-refractivity contribution < 1.29 is 19.2 Å². The zero-order chi connectivity index (χ0) is 12.0. The molecule has 0 aliphatic carbocycles. The fourth-order valence-corrected chi connectivity index (χ4v) is 1.74. The lowest BCUT2D eigenvalue weighted by molar-refractivity contribution is -0.149. The lowest BCUT2D eigenvalue weighted by Crippen LogP contribution is -2.75. The van der Waals surface area contributed by atoms with E-state index in [-0.39, 0.29) is 0 Å². The zero-order valence-electron chi connectivity index (χ0n) is 8.68. The standard InChI is InChI=1S/C8H10N4O4/c1-11-4-3(7(15)12(2)8(11)16)9-5(13)6(14)10-4/h3-4H,1-2H3,(H,9,13)(H,10,14). The Morgan fingerprint density at radius 2 is 1.56 bits per heavy atom. The summed E-state index contributed by atoms with van der Waals surface area (Å²) in [4.78, 5) is 47.5. The van der Waals surface area contributed by atoms with Gasteiger partial charge in [0.1, 0.15) is 12.2 Å². The van der Waals surface area contributed by atoms with Crippen LogP contribution in [0.3, 0.4) is 0 Å². The second-order valence-corrected chi connectivity index (χ2v) is 3.66. The average Bonchev–Trinajstić information content (AvgIpc) is 2.26. The van der Waals surface area contributed by atoms with Crippen molar-refractivity contribution in [3.05, 3.63) is 0 Å². The summed E-state index contributed by atoms with van der Waals surface area (Å²) in [6, 6.07) is -1.44. The zero-order valence-corrected chi connectivity index (χ0v) is 8.68. The van der Waals surface area contributed by atoms with E-state index in [1.165, 1.54) is 19.0 Å². The first-order chi connectivity index (χ1) is 7.43. The van der Waals surface area contributed by atoms with Gasteiger partial charge in [0.25, 0.3) is 5.91 Å². The molecule has 86 valence electrons. The fraction of sp³-hybridized carbons (Fsp3) is 0.500. The Hall–Kier alpha value is -2.12. The van der Waals surface area contributed by atoms with Gasteiger partial charge in [0.15, 0.2) is 0 Å². The van der Waals surface area contributed by atoms with Gasteiger partial charge in [0.05, 0.1) is 0 Å². The van der Waals surface area contributed by atoms with E-state index in [2.05, 4.69) is 10.6 Å². The second kappa shape index (κ2) is 3.19. The molecule has 0 radical (unpaired) electrons. The van der Waals surface area contributed by atoms with Crippen LogP contribution in [0, 0.1) is 0 Å². The summed E-state index contributed by atoms with van der Waals surface area (Å²) < 4.78 is 0. The lowest BCUT2D eigenvalue weighted by atomic mass is 10.1. The highest BCUT2D eigenvalue weighted by atomic mass is 16.2. The highest BCUT2D eigenvalue weighted by molar-refractivity contribution is 6.36. The average molecular weight is 226 g/mol. The molecule has 16 heavy (non-hydrogen) atoms. The monoisotopic (exact) mass is 226 g/mol. The second-order valence-electron chi connectivity index (χ2n) is 3.66. The molecule has 2 saturated heterocycles. The molecule has 0 aromatic carbocycles. The quantitative estimate of drug-likeness (QED) is 0.444. The number of likely N-dealkylation sites (N-methyl/N-ethyl adjacent to an activating group) is 2. The van der Waals surface area contributed by atoms with E-state index in [0.29, 0.717) is 0 Å². The third-order valence-electron chi connectivity index (χ3n) is 2.69. The molecule has 0 aromatic rings. The number of hydrogen-bond acceptors (Lipinski definition) is 4. The SMILES string of the molecule is CN1C(=O)C2NC(=O)C(=O)NC2N(C)C1=O. The van der Waals surface area contributed by atoms with Gasteiger partial charge in [-0.05, 0) is 0 Å². The highest BCUT2D eigenvalue weighted by Gasteiger charge is 2.48. The first-order valence-electron chi connectivity index (χ1n) is 4.59. The maximum atomic E-state index is 11.7. The van der Waals surface area contributed by atoms with Crippen LogP contribution in [0.25, 0.3) is 0 Å². The van der Waals surface area contributed by atoms with Crippen molar-refractivity contribution in [3.63, 3.8) is 0 Å². The van der Waals surface area contributed by atoms with E-state index in [1.54, 1.807) is 0 Å². The molecule has 2 aliphatic heterocycles. The van der Waals surface area contributed by atoms with Gasteiger partial charge >= 0.3 is 17.8 Å². The van der Waals surface area contributed by atoms with Crippen molar-refractivity contribution in [2.45, 2.75) is 12.2 Å². The van der Waals surface area contributed by atoms with Crippen LogP contribution < -0.4 is 10.6 Å². The van der Waals surface area contributed by atoms with Gasteiger partial charge in [-0.25, -0.2) is 4.79 Å². The molecule has 0 bridgehead atoms. The van der Waals surface area contributed by atoms with Gasteiger partial charge in [-0.3, -0.25) is 19.3 Å². The Bertz CT molecular complexity index is 407. The summed E-state index contributed by atoms with van der Waals surface area (Å²) in [6.07, 6.45) is -0.818. The summed E-state index contributed by atoms with van der Waals surface area (Å²) in [5.74, 6) is -2.26. The van der Waals surface area contributed by atoms with Crippen LogP contribution in [0.5, 0.6) is 0 Å². The van der Waals surface area contributed by atoms with Crippen molar-refractivity contribution in [1.29, 1.82) is 0 Å². The minimum Gasteiger partial charge on any atom is -0.333 e. The molecule has 2 rings (SSSR count). The first-order valence-corrected chi connectivity index (χ1v) is 4.59. The van der Waals surface area contributed by atoms with Gasteiger partial charge < -0.3 is 15.5 Å². The molecule has 2 fully saturated rings. The normalized spacial score (nSPS) is 29.9. The van der Waals surface area contributed by atoms with Gasteiger partial charge in [-0.15, -0.1) is 0 Å². The van der Waals surface area contributed by atoms with Crippen molar-refractivity contribution >= 4 is 23.8 Å². The number of hydrogen-bond donors (Lipinski definition) is 2. The summed E-state index contributed by atoms with van der Waals surface area (Å²) in [6.45, 7) is 0. The number of imide groups is 1. The van der Waals surface area contributed by atoms with Crippen LogP contribution in [-0.4, -0.2) is 59.9 Å². The number of fused-ring (bicyclic) bond motifs is 1. The lowest BCUT2D eigenvalue weighted by Gasteiger charge is -2.43. The van der Waals surface area contributed by atoms with Gasteiger partial charge in [-0.2, -0.15) is 0 Å². The summed E-state index contributed by atoms with van der Waals surface area (Å²) >= 11 is 0. The summed E-state index contributed by atoms with van der Waals surface area (Å²) in [7, 11) is 2.76. The van der Waals surface area contributed by atoms with E-state index in [1.807, 2.05) is 0 Å². The van der Waals surface area contributed by atoms with Crippen LogP contribution in [0.2, 0.25) is 0 Å². The van der Waals surface area contributed by atoms with Crippen molar-refractivity contribution in [2.24, 2.45) is 0 Å². The van der Waals surface area contributed by atoms with E-state index in [4.69, 9.17) is 0 Å². The molecule has 0 aromatic heterocycles. The molecule has 8 heteroatoms. The van der Waals surface area contributed by atoms with Gasteiger partial charge in [0.2, 0.25) is 0 Å². The largest absolute Gasteiger partial charge is 0.333 e. The molecule has 0 spiro atoms. The van der Waals surface area contributed by atoms with Crippen molar-refractivity contribution in [1.82, 2.24) is 20.4 Å². The number of rotatable bonds is 0. The van der Waals surface area contributed by atoms with Crippen molar-refractivity contribution in [3.8, 4) is 0 Å². The molecular weight excluding hydrogens is 216 g/mol. The maximum absolute atomic E-state index is 11.7. The Kier molecular flexibility index (Phi) is 2.07.